The zero-order valence-electron chi connectivity index (χ0n) is 16.4. The Balaban J connectivity index is 1.95. The lowest BCUT2D eigenvalue weighted by atomic mass is 10.0. The van der Waals surface area contributed by atoms with Crippen LogP contribution in [0.4, 0.5) is 9.59 Å². The number of carbonyl (C=O) groups excluding carboxylic acids is 2. The summed E-state index contributed by atoms with van der Waals surface area (Å²) in [5.41, 5.74) is 0.309. The fraction of sp³-hybridized carbons (Fsp3) is 0.600. The molecule has 1 aromatic rings. The number of amides is 2. The van der Waals surface area contributed by atoms with Crippen LogP contribution in [0.15, 0.2) is 30.3 Å². The van der Waals surface area contributed by atoms with Crippen molar-refractivity contribution < 1.29 is 24.2 Å². The van der Waals surface area contributed by atoms with Gasteiger partial charge in [-0.3, -0.25) is 0 Å². The summed E-state index contributed by atoms with van der Waals surface area (Å²) in [6, 6.07) is 9.30. The molecular weight excluding hydrogens is 348 g/mol. The molecule has 2 rings (SSSR count). The van der Waals surface area contributed by atoms with E-state index in [1.54, 1.807) is 25.7 Å². The third kappa shape index (κ3) is 6.75. The standard InChI is InChI=1S/C20H30N2O5/c1-20(2,3)27-19(25)22(12-13-23)17-10-7-11-21(14-17)18(24)26-15-16-8-5-4-6-9-16/h4-6,8-9,17,23H,7,10-15H2,1-3H3. The van der Waals surface area contributed by atoms with Crippen LogP contribution < -0.4 is 0 Å². The van der Waals surface area contributed by atoms with Gasteiger partial charge in [0.25, 0.3) is 0 Å². The number of hydrogen-bond acceptors (Lipinski definition) is 5. The van der Waals surface area contributed by atoms with Gasteiger partial charge in [0.2, 0.25) is 0 Å². The first kappa shape index (κ1) is 21.0. The molecule has 1 aromatic carbocycles. The highest BCUT2D eigenvalue weighted by molar-refractivity contribution is 5.70. The van der Waals surface area contributed by atoms with Crippen LogP contribution in [0.5, 0.6) is 0 Å². The van der Waals surface area contributed by atoms with Crippen molar-refractivity contribution in [2.75, 3.05) is 26.2 Å². The minimum absolute atomic E-state index is 0.159. The van der Waals surface area contributed by atoms with Gasteiger partial charge in [-0.2, -0.15) is 0 Å². The van der Waals surface area contributed by atoms with E-state index >= 15 is 0 Å². The highest BCUT2D eigenvalue weighted by atomic mass is 16.6. The molecular formula is C20H30N2O5. The van der Waals surface area contributed by atoms with E-state index in [2.05, 4.69) is 0 Å². The van der Waals surface area contributed by atoms with Gasteiger partial charge in [-0.1, -0.05) is 30.3 Å². The molecule has 1 fully saturated rings. The summed E-state index contributed by atoms with van der Waals surface area (Å²) in [5.74, 6) is 0. The first-order valence-corrected chi connectivity index (χ1v) is 9.36. The van der Waals surface area contributed by atoms with Crippen molar-refractivity contribution >= 4 is 12.2 Å². The summed E-state index contributed by atoms with van der Waals surface area (Å²) in [7, 11) is 0. The van der Waals surface area contributed by atoms with Crippen LogP contribution in [0.2, 0.25) is 0 Å². The zero-order valence-corrected chi connectivity index (χ0v) is 16.4. The predicted octanol–water partition coefficient (Wildman–Crippen LogP) is 3.02. The smallest absolute Gasteiger partial charge is 0.410 e. The molecule has 1 unspecified atom stereocenters. The molecule has 27 heavy (non-hydrogen) atoms. The van der Waals surface area contributed by atoms with Crippen molar-refractivity contribution in [3.05, 3.63) is 35.9 Å². The Labute approximate surface area is 160 Å². The molecule has 1 atom stereocenters. The molecule has 7 heteroatoms. The fourth-order valence-electron chi connectivity index (χ4n) is 3.04. The highest BCUT2D eigenvalue weighted by Crippen LogP contribution is 2.20. The lowest BCUT2D eigenvalue weighted by Crippen LogP contribution is -2.53. The number of nitrogens with zero attached hydrogens (tertiary/aromatic N) is 2. The van der Waals surface area contributed by atoms with Crippen molar-refractivity contribution in [3.63, 3.8) is 0 Å². The molecule has 0 saturated carbocycles. The van der Waals surface area contributed by atoms with Crippen LogP contribution in [0, 0.1) is 0 Å². The van der Waals surface area contributed by atoms with Crippen molar-refractivity contribution in [2.24, 2.45) is 0 Å². The van der Waals surface area contributed by atoms with Gasteiger partial charge < -0.3 is 24.4 Å². The molecule has 1 aliphatic heterocycles. The van der Waals surface area contributed by atoms with E-state index in [0.717, 1.165) is 18.4 Å². The van der Waals surface area contributed by atoms with Crippen molar-refractivity contribution in [1.29, 1.82) is 0 Å². The number of aliphatic hydroxyl groups is 1. The molecule has 1 aliphatic rings. The van der Waals surface area contributed by atoms with E-state index < -0.39 is 17.8 Å². The fourth-order valence-corrected chi connectivity index (χ4v) is 3.04. The number of hydrogen-bond donors (Lipinski definition) is 1. The molecule has 7 nitrogen and oxygen atoms in total. The number of benzene rings is 1. The number of rotatable bonds is 5. The van der Waals surface area contributed by atoms with Crippen LogP contribution in [0.25, 0.3) is 0 Å². The van der Waals surface area contributed by atoms with Crippen LogP contribution in [0.1, 0.15) is 39.2 Å². The van der Waals surface area contributed by atoms with E-state index in [1.807, 2.05) is 30.3 Å². The topological polar surface area (TPSA) is 79.3 Å². The third-order valence-corrected chi connectivity index (χ3v) is 4.27. The van der Waals surface area contributed by atoms with Crippen molar-refractivity contribution in [1.82, 2.24) is 9.80 Å². The quantitative estimate of drug-likeness (QED) is 0.852. The van der Waals surface area contributed by atoms with Gasteiger partial charge in [0.15, 0.2) is 0 Å². The summed E-state index contributed by atoms with van der Waals surface area (Å²) in [6.45, 7) is 6.59. The second-order valence-electron chi connectivity index (χ2n) is 7.68. The SMILES string of the molecule is CC(C)(C)OC(=O)N(CCO)C1CCCN(C(=O)OCc2ccccc2)C1. The third-order valence-electron chi connectivity index (χ3n) is 4.27. The van der Waals surface area contributed by atoms with Gasteiger partial charge in [0, 0.05) is 19.6 Å². The molecule has 1 N–H and O–H groups in total. The average Bonchev–Trinajstić information content (AvgIpc) is 2.63. The normalized spacial score (nSPS) is 17.3. The Bertz CT molecular complexity index is 615. The summed E-state index contributed by atoms with van der Waals surface area (Å²) in [5, 5.41) is 9.35. The Morgan fingerprint density at radius 1 is 1.26 bits per heavy atom. The molecule has 0 aromatic heterocycles. The van der Waals surface area contributed by atoms with Gasteiger partial charge in [-0.05, 0) is 39.2 Å². The highest BCUT2D eigenvalue weighted by Gasteiger charge is 2.33. The Hall–Kier alpha value is -2.28. The van der Waals surface area contributed by atoms with E-state index in [0.29, 0.717) is 13.1 Å². The second kappa shape index (κ2) is 9.60. The molecule has 2 amide bonds. The summed E-state index contributed by atoms with van der Waals surface area (Å²) in [4.78, 5) is 28.0. The van der Waals surface area contributed by atoms with Crippen LogP contribution in [-0.4, -0.2) is 65.0 Å². The first-order chi connectivity index (χ1) is 12.8. The molecule has 0 spiro atoms. The van der Waals surface area contributed by atoms with E-state index in [1.165, 1.54) is 4.90 Å². The van der Waals surface area contributed by atoms with Gasteiger partial charge in [0.05, 0.1) is 12.6 Å². The van der Waals surface area contributed by atoms with Gasteiger partial charge in [-0.15, -0.1) is 0 Å². The van der Waals surface area contributed by atoms with E-state index in [9.17, 15) is 14.7 Å². The van der Waals surface area contributed by atoms with Crippen LogP contribution in [0.3, 0.4) is 0 Å². The zero-order chi connectivity index (χ0) is 19.9. The maximum Gasteiger partial charge on any atom is 0.410 e. The number of piperidine rings is 1. The first-order valence-electron chi connectivity index (χ1n) is 9.36. The van der Waals surface area contributed by atoms with E-state index in [4.69, 9.17) is 9.47 Å². The van der Waals surface area contributed by atoms with Crippen LogP contribution in [-0.2, 0) is 16.1 Å². The molecule has 0 aliphatic carbocycles. The number of ether oxygens (including phenoxy) is 2. The number of carbonyl (C=O) groups is 2. The maximum atomic E-state index is 12.5. The minimum atomic E-state index is -0.617. The molecule has 150 valence electrons. The largest absolute Gasteiger partial charge is 0.445 e. The van der Waals surface area contributed by atoms with Gasteiger partial charge in [0.1, 0.15) is 12.2 Å². The summed E-state index contributed by atoms with van der Waals surface area (Å²) < 4.78 is 10.8. The second-order valence-corrected chi connectivity index (χ2v) is 7.68. The predicted molar refractivity (Wildman–Crippen MR) is 101 cm³/mol. The van der Waals surface area contributed by atoms with E-state index in [-0.39, 0.29) is 25.8 Å². The van der Waals surface area contributed by atoms with Gasteiger partial charge >= 0.3 is 12.2 Å². The Morgan fingerprint density at radius 2 is 1.96 bits per heavy atom. The molecule has 1 saturated heterocycles. The van der Waals surface area contributed by atoms with Crippen molar-refractivity contribution in [3.8, 4) is 0 Å². The van der Waals surface area contributed by atoms with Gasteiger partial charge in [-0.25, -0.2) is 9.59 Å². The monoisotopic (exact) mass is 378 g/mol. The molecule has 0 radical (unpaired) electrons. The number of aliphatic hydroxyl groups excluding tert-OH is 1. The number of likely N-dealkylation sites (tertiary alicyclic amines) is 1. The Morgan fingerprint density at radius 3 is 2.59 bits per heavy atom. The summed E-state index contributed by atoms with van der Waals surface area (Å²) >= 11 is 0. The molecule has 1 heterocycles. The minimum Gasteiger partial charge on any atom is -0.445 e. The van der Waals surface area contributed by atoms with Crippen LogP contribution >= 0.6 is 0 Å². The van der Waals surface area contributed by atoms with Crippen molar-refractivity contribution in [2.45, 2.75) is 51.9 Å². The lowest BCUT2D eigenvalue weighted by molar-refractivity contribution is 0.000986. The lowest BCUT2D eigenvalue weighted by Gasteiger charge is -2.39. The summed E-state index contributed by atoms with van der Waals surface area (Å²) in [6.07, 6.45) is 0.648. The average molecular weight is 378 g/mol. The Kier molecular flexibility index (Phi) is 7.47. The molecule has 0 bridgehead atoms. The maximum absolute atomic E-state index is 12.5.